The highest BCUT2D eigenvalue weighted by Gasteiger charge is 2.03. The summed E-state index contributed by atoms with van der Waals surface area (Å²) in [7, 11) is 0. The van der Waals surface area contributed by atoms with Crippen molar-refractivity contribution in [2.24, 2.45) is 0 Å². The van der Waals surface area contributed by atoms with Gasteiger partial charge in [0, 0.05) is 17.2 Å². The van der Waals surface area contributed by atoms with Crippen LogP contribution in [0.15, 0.2) is 41.0 Å². The normalized spacial score (nSPS) is 12.2. The summed E-state index contributed by atoms with van der Waals surface area (Å²) < 4.78 is 1.04. The van der Waals surface area contributed by atoms with E-state index in [0.29, 0.717) is 5.92 Å². The van der Waals surface area contributed by atoms with Gasteiger partial charge >= 0.3 is 0 Å². The average Bonchev–Trinajstić information content (AvgIpc) is 2.48. The first-order valence-electron chi connectivity index (χ1n) is 7.05. The largest absolute Gasteiger partial charge is 0.366 e. The predicted molar refractivity (Wildman–Crippen MR) is 89.1 cm³/mol. The number of hydrogen-bond acceptors (Lipinski definition) is 2. The van der Waals surface area contributed by atoms with Crippen LogP contribution >= 0.6 is 15.9 Å². The summed E-state index contributed by atoms with van der Waals surface area (Å²) >= 11 is 3.46. The Kier molecular flexibility index (Phi) is 5.18. The Morgan fingerprint density at radius 3 is 2.55 bits per heavy atom. The Morgan fingerprint density at radius 1 is 1.25 bits per heavy atom. The summed E-state index contributed by atoms with van der Waals surface area (Å²) in [4.78, 5) is 4.36. The molecule has 106 valence electrons. The lowest BCUT2D eigenvalue weighted by Crippen LogP contribution is -2.02. The fraction of sp³-hybridized carbons (Fsp3) is 0.353. The van der Waals surface area contributed by atoms with E-state index in [4.69, 9.17) is 0 Å². The second kappa shape index (κ2) is 6.89. The number of benzene rings is 1. The van der Waals surface area contributed by atoms with Gasteiger partial charge in [-0.1, -0.05) is 38.1 Å². The molecule has 0 amide bonds. The molecular formula is C17H21BrN2. The molecule has 0 fully saturated rings. The number of aromatic nitrogens is 1. The molecule has 0 saturated carbocycles. The van der Waals surface area contributed by atoms with Gasteiger partial charge in [-0.25, -0.2) is 4.98 Å². The number of rotatable bonds is 5. The molecule has 3 heteroatoms. The standard InChI is InChI=1S/C17H21BrN2/c1-4-12(2)15-7-5-14(6-8-15)10-19-17-9-13(3)16(18)11-20-17/h5-9,11-12H,4,10H2,1-3H3,(H,19,20). The maximum Gasteiger partial charge on any atom is 0.126 e. The molecule has 1 aromatic heterocycles. The molecule has 0 bridgehead atoms. The Bertz CT molecular complexity index is 564. The second-order valence-electron chi connectivity index (χ2n) is 5.22. The zero-order valence-corrected chi connectivity index (χ0v) is 13.9. The fourth-order valence-corrected chi connectivity index (χ4v) is 2.25. The lowest BCUT2D eigenvalue weighted by Gasteiger charge is -2.11. The van der Waals surface area contributed by atoms with Crippen molar-refractivity contribution in [2.45, 2.75) is 39.7 Å². The molecule has 0 aliphatic heterocycles. The number of anilines is 1. The average molecular weight is 333 g/mol. The van der Waals surface area contributed by atoms with E-state index in [1.807, 2.05) is 6.20 Å². The lowest BCUT2D eigenvalue weighted by molar-refractivity contribution is 0.733. The number of hydrogen-bond donors (Lipinski definition) is 1. The maximum atomic E-state index is 4.36. The Balaban J connectivity index is 1.98. The summed E-state index contributed by atoms with van der Waals surface area (Å²) in [6.45, 7) is 7.36. The third-order valence-electron chi connectivity index (χ3n) is 3.68. The van der Waals surface area contributed by atoms with Crippen LogP contribution in [0.25, 0.3) is 0 Å². The molecule has 1 unspecified atom stereocenters. The van der Waals surface area contributed by atoms with Gasteiger partial charge in [0.25, 0.3) is 0 Å². The van der Waals surface area contributed by atoms with Crippen molar-refractivity contribution in [3.8, 4) is 0 Å². The van der Waals surface area contributed by atoms with Crippen LogP contribution in [0.2, 0.25) is 0 Å². The van der Waals surface area contributed by atoms with Crippen molar-refractivity contribution in [2.75, 3.05) is 5.32 Å². The summed E-state index contributed by atoms with van der Waals surface area (Å²) in [6, 6.07) is 10.9. The molecule has 1 atom stereocenters. The van der Waals surface area contributed by atoms with Crippen molar-refractivity contribution in [3.63, 3.8) is 0 Å². The van der Waals surface area contributed by atoms with E-state index in [1.54, 1.807) is 0 Å². The molecule has 1 aromatic carbocycles. The molecule has 2 rings (SSSR count). The van der Waals surface area contributed by atoms with Gasteiger partial charge in [-0.15, -0.1) is 0 Å². The van der Waals surface area contributed by atoms with Crippen LogP contribution in [0.4, 0.5) is 5.82 Å². The fourth-order valence-electron chi connectivity index (χ4n) is 2.03. The predicted octanol–water partition coefficient (Wildman–Crippen LogP) is 5.28. The van der Waals surface area contributed by atoms with Crippen molar-refractivity contribution in [3.05, 3.63) is 57.7 Å². The van der Waals surface area contributed by atoms with Gasteiger partial charge in [-0.05, 0) is 57.9 Å². The summed E-state index contributed by atoms with van der Waals surface area (Å²) in [5, 5.41) is 3.36. The Hall–Kier alpha value is -1.35. The molecule has 20 heavy (non-hydrogen) atoms. The third kappa shape index (κ3) is 3.83. The number of halogens is 1. The highest BCUT2D eigenvalue weighted by atomic mass is 79.9. The van der Waals surface area contributed by atoms with Gasteiger partial charge < -0.3 is 5.32 Å². The van der Waals surface area contributed by atoms with Gasteiger partial charge in [-0.3, -0.25) is 0 Å². The molecule has 0 saturated heterocycles. The van der Waals surface area contributed by atoms with E-state index < -0.39 is 0 Å². The zero-order chi connectivity index (χ0) is 14.5. The number of nitrogens with one attached hydrogen (secondary N) is 1. The summed E-state index contributed by atoms with van der Waals surface area (Å²) in [5.41, 5.74) is 3.88. The van der Waals surface area contributed by atoms with Crippen molar-refractivity contribution >= 4 is 21.7 Å². The van der Waals surface area contributed by atoms with Crippen LogP contribution in [0.1, 0.15) is 42.9 Å². The van der Waals surface area contributed by atoms with E-state index in [1.165, 1.54) is 23.1 Å². The van der Waals surface area contributed by atoms with Gasteiger partial charge in [0.05, 0.1) is 0 Å². The molecule has 1 heterocycles. The SMILES string of the molecule is CCC(C)c1ccc(CNc2cc(C)c(Br)cn2)cc1. The number of pyridine rings is 1. The van der Waals surface area contributed by atoms with Gasteiger partial charge in [0.15, 0.2) is 0 Å². The Labute approximate surface area is 129 Å². The van der Waals surface area contributed by atoms with Gasteiger partial charge in [0.2, 0.25) is 0 Å². The van der Waals surface area contributed by atoms with Crippen LogP contribution in [0.5, 0.6) is 0 Å². The lowest BCUT2D eigenvalue weighted by atomic mass is 9.98. The third-order valence-corrected chi connectivity index (χ3v) is 4.51. The van der Waals surface area contributed by atoms with E-state index in [9.17, 15) is 0 Å². The molecular weight excluding hydrogens is 312 g/mol. The smallest absolute Gasteiger partial charge is 0.126 e. The first kappa shape index (κ1) is 15.0. The minimum atomic E-state index is 0.632. The van der Waals surface area contributed by atoms with E-state index in [-0.39, 0.29) is 0 Å². The highest BCUT2D eigenvalue weighted by molar-refractivity contribution is 9.10. The van der Waals surface area contributed by atoms with Gasteiger partial charge in [0.1, 0.15) is 5.82 Å². The molecule has 0 spiro atoms. The van der Waals surface area contributed by atoms with Crippen LogP contribution in [-0.4, -0.2) is 4.98 Å². The summed E-state index contributed by atoms with van der Waals surface area (Å²) in [5.74, 6) is 1.55. The quantitative estimate of drug-likeness (QED) is 0.805. The zero-order valence-electron chi connectivity index (χ0n) is 12.3. The number of nitrogens with zero attached hydrogens (tertiary/aromatic N) is 1. The summed E-state index contributed by atoms with van der Waals surface area (Å²) in [6.07, 6.45) is 3.02. The van der Waals surface area contributed by atoms with Crippen molar-refractivity contribution in [1.29, 1.82) is 0 Å². The molecule has 0 radical (unpaired) electrons. The number of aryl methyl sites for hydroxylation is 1. The van der Waals surface area contributed by atoms with Crippen molar-refractivity contribution in [1.82, 2.24) is 4.98 Å². The first-order valence-corrected chi connectivity index (χ1v) is 7.84. The Morgan fingerprint density at radius 2 is 1.95 bits per heavy atom. The van der Waals surface area contributed by atoms with Crippen LogP contribution in [0.3, 0.4) is 0 Å². The van der Waals surface area contributed by atoms with Crippen LogP contribution < -0.4 is 5.32 Å². The highest BCUT2D eigenvalue weighted by Crippen LogP contribution is 2.20. The minimum absolute atomic E-state index is 0.632. The van der Waals surface area contributed by atoms with Crippen LogP contribution in [0, 0.1) is 6.92 Å². The molecule has 0 aliphatic rings. The maximum absolute atomic E-state index is 4.36. The van der Waals surface area contributed by atoms with E-state index in [2.05, 4.69) is 77.3 Å². The molecule has 1 N–H and O–H groups in total. The molecule has 2 nitrogen and oxygen atoms in total. The van der Waals surface area contributed by atoms with Crippen LogP contribution in [-0.2, 0) is 6.54 Å². The minimum Gasteiger partial charge on any atom is -0.366 e. The van der Waals surface area contributed by atoms with Gasteiger partial charge in [-0.2, -0.15) is 0 Å². The molecule has 2 aromatic rings. The van der Waals surface area contributed by atoms with E-state index >= 15 is 0 Å². The first-order chi connectivity index (χ1) is 9.60. The van der Waals surface area contributed by atoms with Crippen molar-refractivity contribution < 1.29 is 0 Å². The topological polar surface area (TPSA) is 24.9 Å². The van der Waals surface area contributed by atoms with E-state index in [0.717, 1.165) is 16.8 Å². The molecule has 0 aliphatic carbocycles. The monoisotopic (exact) mass is 332 g/mol. The second-order valence-corrected chi connectivity index (χ2v) is 6.08.